The fraction of sp³-hybridized carbons (Fsp3) is 0.588. The number of aryl methyl sites for hydroxylation is 1. The molecule has 2 nitrogen and oxygen atoms in total. The zero-order valence-electron chi connectivity index (χ0n) is 13.4. The van der Waals surface area contributed by atoms with E-state index in [1.807, 2.05) is 33.9 Å². The summed E-state index contributed by atoms with van der Waals surface area (Å²) in [6.45, 7) is 10.3. The van der Waals surface area contributed by atoms with Crippen molar-refractivity contribution in [2.24, 2.45) is 5.92 Å². The van der Waals surface area contributed by atoms with Crippen molar-refractivity contribution < 1.29 is 9.18 Å². The first-order valence-electron chi connectivity index (χ1n) is 7.24. The van der Waals surface area contributed by atoms with Crippen molar-refractivity contribution in [1.29, 1.82) is 0 Å². The summed E-state index contributed by atoms with van der Waals surface area (Å²) < 4.78 is 14.2. The standard InChI is InChI=1S/C17H26FNO/c1-11(2)17(20)15(10-19(6)12(3)4)14-8-7-13(5)9-16(14)18/h7-9,11-12,15H,10H2,1-6H3/t15-/m1/s1. The molecule has 1 rings (SSSR count). The van der Waals surface area contributed by atoms with Gasteiger partial charge in [-0.3, -0.25) is 4.79 Å². The molecule has 0 fully saturated rings. The lowest BCUT2D eigenvalue weighted by Gasteiger charge is -2.27. The molecule has 1 aromatic rings. The van der Waals surface area contributed by atoms with Crippen molar-refractivity contribution in [3.63, 3.8) is 0 Å². The maximum absolute atomic E-state index is 14.2. The quantitative estimate of drug-likeness (QED) is 0.790. The highest BCUT2D eigenvalue weighted by atomic mass is 19.1. The maximum atomic E-state index is 14.2. The molecule has 1 aromatic carbocycles. The van der Waals surface area contributed by atoms with Gasteiger partial charge in [-0.05, 0) is 45.0 Å². The van der Waals surface area contributed by atoms with Gasteiger partial charge in [0.1, 0.15) is 11.6 Å². The molecule has 0 heterocycles. The monoisotopic (exact) mass is 279 g/mol. The van der Waals surface area contributed by atoms with E-state index in [9.17, 15) is 9.18 Å². The zero-order valence-corrected chi connectivity index (χ0v) is 13.4. The summed E-state index contributed by atoms with van der Waals surface area (Å²) >= 11 is 0. The molecule has 0 spiro atoms. The summed E-state index contributed by atoms with van der Waals surface area (Å²) in [5.41, 5.74) is 1.39. The highest BCUT2D eigenvalue weighted by molar-refractivity contribution is 5.87. The van der Waals surface area contributed by atoms with E-state index in [0.717, 1.165) is 5.56 Å². The number of likely N-dealkylation sites (N-methyl/N-ethyl adjacent to an activating group) is 1. The molecule has 20 heavy (non-hydrogen) atoms. The minimum Gasteiger partial charge on any atom is -0.303 e. The van der Waals surface area contributed by atoms with Crippen LogP contribution in [0.2, 0.25) is 0 Å². The second-order valence-electron chi connectivity index (χ2n) is 6.17. The van der Waals surface area contributed by atoms with Crippen molar-refractivity contribution >= 4 is 5.78 Å². The number of halogens is 1. The highest BCUT2D eigenvalue weighted by Gasteiger charge is 2.27. The molecule has 1 atom stereocenters. The number of rotatable bonds is 6. The number of nitrogens with zero attached hydrogens (tertiary/aromatic N) is 1. The minimum atomic E-state index is -0.400. The first-order chi connectivity index (χ1) is 9.23. The fourth-order valence-corrected chi connectivity index (χ4v) is 2.16. The molecule has 0 aliphatic heterocycles. The molecule has 0 saturated carbocycles. The van der Waals surface area contributed by atoms with Crippen molar-refractivity contribution in [3.8, 4) is 0 Å². The summed E-state index contributed by atoms with van der Waals surface area (Å²) in [5, 5.41) is 0. The number of hydrogen-bond acceptors (Lipinski definition) is 2. The van der Waals surface area contributed by atoms with Gasteiger partial charge in [0.15, 0.2) is 0 Å². The van der Waals surface area contributed by atoms with Crippen molar-refractivity contribution in [3.05, 3.63) is 35.1 Å². The molecule has 0 saturated heterocycles. The Balaban J connectivity index is 3.13. The van der Waals surface area contributed by atoms with Gasteiger partial charge in [0.05, 0.1) is 5.92 Å². The molecule has 0 aliphatic rings. The number of benzene rings is 1. The van der Waals surface area contributed by atoms with Gasteiger partial charge in [-0.2, -0.15) is 0 Å². The van der Waals surface area contributed by atoms with Gasteiger partial charge in [0.2, 0.25) is 0 Å². The third-order valence-corrected chi connectivity index (χ3v) is 3.80. The van der Waals surface area contributed by atoms with E-state index in [1.165, 1.54) is 6.07 Å². The zero-order chi connectivity index (χ0) is 15.4. The van der Waals surface area contributed by atoms with Gasteiger partial charge < -0.3 is 4.90 Å². The Bertz CT molecular complexity index is 468. The normalized spacial score (nSPS) is 13.3. The van der Waals surface area contributed by atoms with Crippen LogP contribution >= 0.6 is 0 Å². The van der Waals surface area contributed by atoms with Crippen LogP contribution in [-0.4, -0.2) is 30.3 Å². The maximum Gasteiger partial charge on any atom is 0.144 e. The number of hydrogen-bond donors (Lipinski definition) is 0. The number of Topliss-reactive ketones (excluding diaryl/α,β-unsaturated/α-hetero) is 1. The van der Waals surface area contributed by atoms with Crippen molar-refractivity contribution in [2.75, 3.05) is 13.6 Å². The summed E-state index contributed by atoms with van der Waals surface area (Å²) in [6.07, 6.45) is 0. The van der Waals surface area contributed by atoms with E-state index < -0.39 is 5.92 Å². The van der Waals surface area contributed by atoms with Crippen molar-refractivity contribution in [1.82, 2.24) is 4.90 Å². The van der Waals surface area contributed by atoms with E-state index in [4.69, 9.17) is 0 Å². The number of carbonyl (C=O) groups excluding carboxylic acids is 1. The Morgan fingerprint density at radius 1 is 1.25 bits per heavy atom. The third kappa shape index (κ3) is 4.14. The van der Waals surface area contributed by atoms with Gasteiger partial charge in [-0.15, -0.1) is 0 Å². The molecular formula is C17H26FNO. The van der Waals surface area contributed by atoms with E-state index in [-0.39, 0.29) is 17.5 Å². The van der Waals surface area contributed by atoms with Crippen LogP contribution in [0.25, 0.3) is 0 Å². The lowest BCUT2D eigenvalue weighted by atomic mass is 9.87. The first kappa shape index (κ1) is 16.8. The minimum absolute atomic E-state index is 0.0961. The Hall–Kier alpha value is -1.22. The van der Waals surface area contributed by atoms with Crippen molar-refractivity contribution in [2.45, 2.75) is 46.6 Å². The van der Waals surface area contributed by atoms with Gasteiger partial charge in [0.25, 0.3) is 0 Å². The van der Waals surface area contributed by atoms with Gasteiger partial charge in [-0.25, -0.2) is 4.39 Å². The average molecular weight is 279 g/mol. The molecule has 0 bridgehead atoms. The van der Waals surface area contributed by atoms with Crippen LogP contribution < -0.4 is 0 Å². The largest absolute Gasteiger partial charge is 0.303 e. The van der Waals surface area contributed by atoms with E-state index in [2.05, 4.69) is 18.7 Å². The van der Waals surface area contributed by atoms with Crippen LogP contribution in [0, 0.1) is 18.7 Å². The van der Waals surface area contributed by atoms with Crippen LogP contribution in [0.3, 0.4) is 0 Å². The number of carbonyl (C=O) groups is 1. The lowest BCUT2D eigenvalue weighted by molar-refractivity contribution is -0.123. The second-order valence-corrected chi connectivity index (χ2v) is 6.17. The molecule has 0 unspecified atom stereocenters. The molecule has 112 valence electrons. The Morgan fingerprint density at radius 2 is 1.85 bits per heavy atom. The molecule has 0 amide bonds. The summed E-state index contributed by atoms with van der Waals surface area (Å²) in [7, 11) is 1.97. The van der Waals surface area contributed by atoms with E-state index >= 15 is 0 Å². The van der Waals surface area contributed by atoms with E-state index in [1.54, 1.807) is 6.07 Å². The van der Waals surface area contributed by atoms with Crippen LogP contribution in [0.4, 0.5) is 4.39 Å². The predicted octanol–water partition coefficient (Wildman–Crippen LogP) is 3.78. The summed E-state index contributed by atoms with van der Waals surface area (Å²) in [4.78, 5) is 14.5. The molecule has 3 heteroatoms. The summed E-state index contributed by atoms with van der Waals surface area (Å²) in [6, 6.07) is 5.45. The highest BCUT2D eigenvalue weighted by Crippen LogP contribution is 2.25. The average Bonchev–Trinajstić information content (AvgIpc) is 2.35. The summed E-state index contributed by atoms with van der Waals surface area (Å²) in [5.74, 6) is -0.675. The van der Waals surface area contributed by atoms with Gasteiger partial charge in [-0.1, -0.05) is 26.0 Å². The van der Waals surface area contributed by atoms with E-state index in [0.29, 0.717) is 18.2 Å². The second kappa shape index (κ2) is 6.98. The third-order valence-electron chi connectivity index (χ3n) is 3.80. The number of ketones is 1. The SMILES string of the molecule is Cc1ccc([C@@H](CN(C)C(C)C)C(=O)C(C)C)c(F)c1. The van der Waals surface area contributed by atoms with Gasteiger partial charge in [0, 0.05) is 18.5 Å². The smallest absolute Gasteiger partial charge is 0.144 e. The fourth-order valence-electron chi connectivity index (χ4n) is 2.16. The topological polar surface area (TPSA) is 20.3 Å². The molecular weight excluding hydrogens is 253 g/mol. The predicted molar refractivity (Wildman–Crippen MR) is 81.5 cm³/mol. The lowest BCUT2D eigenvalue weighted by Crippen LogP contribution is -2.35. The van der Waals surface area contributed by atoms with Crippen LogP contribution in [0.15, 0.2) is 18.2 Å². The molecule has 0 aromatic heterocycles. The van der Waals surface area contributed by atoms with Crippen LogP contribution in [-0.2, 0) is 4.79 Å². The molecule has 0 radical (unpaired) electrons. The van der Waals surface area contributed by atoms with Crippen LogP contribution in [0.1, 0.15) is 44.7 Å². The molecule has 0 N–H and O–H groups in total. The Labute approximate surface area is 122 Å². The van der Waals surface area contributed by atoms with Crippen LogP contribution in [0.5, 0.6) is 0 Å². The Morgan fingerprint density at radius 3 is 2.30 bits per heavy atom. The van der Waals surface area contributed by atoms with Gasteiger partial charge >= 0.3 is 0 Å². The Kier molecular flexibility index (Phi) is 5.88. The first-order valence-corrected chi connectivity index (χ1v) is 7.24. The molecule has 0 aliphatic carbocycles.